The standard InChI is InChI=1S/C15H26N4O/c1-5-8-16-13-9-14(19(3)11(2)10-20-4)18-15(17-13)12-6-7-12/h9,11-12H,5-8,10H2,1-4H3,(H,16,17,18). The Balaban J connectivity index is 2.19. The van der Waals surface area contributed by atoms with Gasteiger partial charge in [0.15, 0.2) is 0 Å². The second kappa shape index (κ2) is 6.88. The van der Waals surface area contributed by atoms with E-state index in [9.17, 15) is 0 Å². The molecule has 1 saturated carbocycles. The molecule has 0 bridgehead atoms. The van der Waals surface area contributed by atoms with E-state index >= 15 is 0 Å². The molecule has 1 fully saturated rings. The maximum atomic E-state index is 5.23. The molecule has 1 N–H and O–H groups in total. The molecule has 2 rings (SSSR count). The minimum absolute atomic E-state index is 0.293. The summed E-state index contributed by atoms with van der Waals surface area (Å²) in [6.45, 7) is 5.93. The summed E-state index contributed by atoms with van der Waals surface area (Å²) in [5.74, 6) is 3.46. The first-order valence-corrected chi connectivity index (χ1v) is 7.50. The Morgan fingerprint density at radius 3 is 2.80 bits per heavy atom. The molecular weight excluding hydrogens is 252 g/mol. The molecule has 0 amide bonds. The van der Waals surface area contributed by atoms with Gasteiger partial charge in [0.1, 0.15) is 17.5 Å². The Hall–Kier alpha value is -1.36. The SMILES string of the molecule is CCCNc1cc(N(C)C(C)COC)nc(C2CC2)n1. The Kier molecular flexibility index (Phi) is 5.17. The van der Waals surface area contributed by atoms with Gasteiger partial charge in [-0.2, -0.15) is 0 Å². The molecule has 20 heavy (non-hydrogen) atoms. The first-order valence-electron chi connectivity index (χ1n) is 7.50. The highest BCUT2D eigenvalue weighted by atomic mass is 16.5. The summed E-state index contributed by atoms with van der Waals surface area (Å²) in [4.78, 5) is 11.5. The van der Waals surface area contributed by atoms with Crippen molar-refractivity contribution in [3.63, 3.8) is 0 Å². The van der Waals surface area contributed by atoms with E-state index in [-0.39, 0.29) is 0 Å². The van der Waals surface area contributed by atoms with Crippen LogP contribution in [0.3, 0.4) is 0 Å². The van der Waals surface area contributed by atoms with E-state index in [0.717, 1.165) is 30.4 Å². The Labute approximate surface area is 121 Å². The molecule has 0 spiro atoms. The summed E-state index contributed by atoms with van der Waals surface area (Å²) in [5.41, 5.74) is 0. The van der Waals surface area contributed by atoms with Gasteiger partial charge in [-0.15, -0.1) is 0 Å². The lowest BCUT2D eigenvalue weighted by molar-refractivity contribution is 0.183. The molecular formula is C15H26N4O. The van der Waals surface area contributed by atoms with Crippen LogP contribution >= 0.6 is 0 Å². The molecule has 1 heterocycles. The van der Waals surface area contributed by atoms with E-state index in [1.165, 1.54) is 12.8 Å². The van der Waals surface area contributed by atoms with Crippen LogP contribution in [0.1, 0.15) is 44.9 Å². The van der Waals surface area contributed by atoms with Crippen LogP contribution in [0.2, 0.25) is 0 Å². The number of methoxy groups -OCH3 is 1. The largest absolute Gasteiger partial charge is 0.383 e. The van der Waals surface area contributed by atoms with E-state index in [1.54, 1.807) is 7.11 Å². The third kappa shape index (κ3) is 3.82. The summed E-state index contributed by atoms with van der Waals surface area (Å²) >= 11 is 0. The molecule has 1 aromatic rings. The molecule has 1 unspecified atom stereocenters. The molecule has 0 aliphatic heterocycles. The lowest BCUT2D eigenvalue weighted by Gasteiger charge is -2.26. The minimum atomic E-state index is 0.293. The lowest BCUT2D eigenvalue weighted by Crippen LogP contribution is -2.33. The van der Waals surface area contributed by atoms with Gasteiger partial charge >= 0.3 is 0 Å². The van der Waals surface area contributed by atoms with Gasteiger partial charge in [0, 0.05) is 32.7 Å². The molecule has 5 nitrogen and oxygen atoms in total. The van der Waals surface area contributed by atoms with Gasteiger partial charge in [0.25, 0.3) is 0 Å². The highest BCUT2D eigenvalue weighted by Crippen LogP contribution is 2.39. The first kappa shape index (κ1) is 15.0. The smallest absolute Gasteiger partial charge is 0.136 e. The van der Waals surface area contributed by atoms with E-state index in [1.807, 2.05) is 6.07 Å². The van der Waals surface area contributed by atoms with Crippen molar-refractivity contribution in [2.24, 2.45) is 0 Å². The highest BCUT2D eigenvalue weighted by molar-refractivity contribution is 5.50. The molecule has 1 aromatic heterocycles. The molecule has 1 aliphatic rings. The quantitative estimate of drug-likeness (QED) is 0.792. The van der Waals surface area contributed by atoms with Crippen LogP contribution in [0.4, 0.5) is 11.6 Å². The molecule has 5 heteroatoms. The van der Waals surface area contributed by atoms with Gasteiger partial charge in [-0.3, -0.25) is 0 Å². The number of aromatic nitrogens is 2. The zero-order valence-electron chi connectivity index (χ0n) is 13.0. The van der Waals surface area contributed by atoms with Gasteiger partial charge < -0.3 is 15.0 Å². The van der Waals surface area contributed by atoms with Crippen LogP contribution in [0.15, 0.2) is 6.07 Å². The average molecular weight is 278 g/mol. The minimum Gasteiger partial charge on any atom is -0.383 e. The van der Waals surface area contributed by atoms with E-state index in [0.29, 0.717) is 18.6 Å². The van der Waals surface area contributed by atoms with Crippen molar-refractivity contribution in [2.75, 3.05) is 37.5 Å². The van der Waals surface area contributed by atoms with Crippen molar-refractivity contribution in [1.82, 2.24) is 9.97 Å². The number of hydrogen-bond acceptors (Lipinski definition) is 5. The fourth-order valence-electron chi connectivity index (χ4n) is 2.08. The highest BCUT2D eigenvalue weighted by Gasteiger charge is 2.28. The van der Waals surface area contributed by atoms with Gasteiger partial charge in [-0.05, 0) is 26.2 Å². The Morgan fingerprint density at radius 1 is 1.45 bits per heavy atom. The van der Waals surface area contributed by atoms with Crippen molar-refractivity contribution < 1.29 is 4.74 Å². The predicted octanol–water partition coefficient (Wildman–Crippen LogP) is 2.65. The van der Waals surface area contributed by atoms with Gasteiger partial charge in [-0.1, -0.05) is 6.92 Å². The lowest BCUT2D eigenvalue weighted by atomic mass is 10.3. The van der Waals surface area contributed by atoms with E-state index in [2.05, 4.69) is 36.1 Å². The summed E-state index contributed by atoms with van der Waals surface area (Å²) in [7, 11) is 3.79. The van der Waals surface area contributed by atoms with Gasteiger partial charge in [0.2, 0.25) is 0 Å². The van der Waals surface area contributed by atoms with Gasteiger partial charge in [0.05, 0.1) is 12.6 Å². The Morgan fingerprint density at radius 2 is 2.20 bits per heavy atom. The number of ether oxygens (including phenoxy) is 1. The van der Waals surface area contributed by atoms with Crippen molar-refractivity contribution in [1.29, 1.82) is 0 Å². The van der Waals surface area contributed by atoms with Crippen LogP contribution < -0.4 is 10.2 Å². The zero-order valence-corrected chi connectivity index (χ0v) is 13.0. The predicted molar refractivity (Wildman–Crippen MR) is 82.5 cm³/mol. The monoisotopic (exact) mass is 278 g/mol. The number of anilines is 2. The van der Waals surface area contributed by atoms with Crippen molar-refractivity contribution in [3.05, 3.63) is 11.9 Å². The average Bonchev–Trinajstić information content (AvgIpc) is 3.28. The number of nitrogens with zero attached hydrogens (tertiary/aromatic N) is 3. The van der Waals surface area contributed by atoms with Crippen LogP contribution in [-0.2, 0) is 4.74 Å². The molecule has 0 aromatic carbocycles. The van der Waals surface area contributed by atoms with Crippen molar-refractivity contribution in [3.8, 4) is 0 Å². The van der Waals surface area contributed by atoms with Crippen LogP contribution in [0.5, 0.6) is 0 Å². The van der Waals surface area contributed by atoms with Crippen LogP contribution in [-0.4, -0.2) is 43.3 Å². The van der Waals surface area contributed by atoms with Crippen LogP contribution in [0.25, 0.3) is 0 Å². The molecule has 0 saturated heterocycles. The second-order valence-electron chi connectivity index (χ2n) is 5.59. The van der Waals surface area contributed by atoms with E-state index in [4.69, 9.17) is 9.72 Å². The first-order chi connectivity index (χ1) is 9.65. The number of likely N-dealkylation sites (N-methyl/N-ethyl adjacent to an activating group) is 1. The van der Waals surface area contributed by atoms with Crippen molar-refractivity contribution >= 4 is 11.6 Å². The normalized spacial score (nSPS) is 16.0. The van der Waals surface area contributed by atoms with E-state index < -0.39 is 0 Å². The number of nitrogens with one attached hydrogen (secondary N) is 1. The molecule has 112 valence electrons. The third-order valence-corrected chi connectivity index (χ3v) is 3.66. The number of rotatable bonds is 8. The van der Waals surface area contributed by atoms with Crippen LogP contribution in [0, 0.1) is 0 Å². The maximum Gasteiger partial charge on any atom is 0.136 e. The zero-order chi connectivity index (χ0) is 14.5. The summed E-state index contributed by atoms with van der Waals surface area (Å²) < 4.78 is 5.23. The maximum absolute atomic E-state index is 5.23. The van der Waals surface area contributed by atoms with Crippen molar-refractivity contribution in [2.45, 2.75) is 45.1 Å². The molecule has 1 atom stereocenters. The second-order valence-corrected chi connectivity index (χ2v) is 5.59. The topological polar surface area (TPSA) is 50.3 Å². The third-order valence-electron chi connectivity index (χ3n) is 3.66. The summed E-state index contributed by atoms with van der Waals surface area (Å²) in [6.07, 6.45) is 3.52. The fraction of sp³-hybridized carbons (Fsp3) is 0.733. The van der Waals surface area contributed by atoms with Gasteiger partial charge in [-0.25, -0.2) is 9.97 Å². The fourth-order valence-corrected chi connectivity index (χ4v) is 2.08. The Bertz CT molecular complexity index is 434. The summed E-state index contributed by atoms with van der Waals surface area (Å²) in [5, 5.41) is 3.37. The summed E-state index contributed by atoms with van der Waals surface area (Å²) in [6, 6.07) is 2.33. The molecule has 1 aliphatic carbocycles. The molecule has 0 radical (unpaired) electrons. The number of hydrogen-bond donors (Lipinski definition) is 1.